The van der Waals surface area contributed by atoms with E-state index in [0.717, 1.165) is 0 Å². The number of rotatable bonds is 3. The Balaban J connectivity index is 1.96. The van der Waals surface area contributed by atoms with Gasteiger partial charge < -0.3 is 15.2 Å². The first-order valence-electron chi connectivity index (χ1n) is 5.00. The molecule has 0 aliphatic carbocycles. The SMILES string of the molecule is NCC1COC(Cc2ccccc2F)O1. The van der Waals surface area contributed by atoms with Crippen LogP contribution in [0.15, 0.2) is 24.3 Å². The molecule has 0 aromatic heterocycles. The van der Waals surface area contributed by atoms with Gasteiger partial charge in [0.1, 0.15) is 5.82 Å². The standard InChI is InChI=1S/C11H14FNO2/c12-10-4-2-1-3-8(10)5-11-14-7-9(6-13)15-11/h1-4,9,11H,5-7,13H2. The maximum absolute atomic E-state index is 13.3. The number of nitrogens with two attached hydrogens (primary N) is 1. The van der Waals surface area contributed by atoms with E-state index in [1.54, 1.807) is 18.2 Å². The van der Waals surface area contributed by atoms with Crippen molar-refractivity contribution in [3.63, 3.8) is 0 Å². The summed E-state index contributed by atoms with van der Waals surface area (Å²) in [7, 11) is 0. The molecule has 1 aromatic carbocycles. The third-order valence-electron chi connectivity index (χ3n) is 2.42. The molecular formula is C11H14FNO2. The summed E-state index contributed by atoms with van der Waals surface area (Å²) in [5, 5.41) is 0. The molecular weight excluding hydrogens is 197 g/mol. The van der Waals surface area contributed by atoms with Gasteiger partial charge in [-0.3, -0.25) is 0 Å². The maximum atomic E-state index is 13.3. The normalized spacial score (nSPS) is 25.7. The van der Waals surface area contributed by atoms with Crippen molar-refractivity contribution in [3.05, 3.63) is 35.6 Å². The molecule has 0 bridgehead atoms. The molecule has 2 unspecified atom stereocenters. The third kappa shape index (κ3) is 2.53. The van der Waals surface area contributed by atoms with Crippen LogP contribution in [0.5, 0.6) is 0 Å². The minimum atomic E-state index is -0.365. The molecule has 2 N–H and O–H groups in total. The highest BCUT2D eigenvalue weighted by molar-refractivity contribution is 5.17. The van der Waals surface area contributed by atoms with Gasteiger partial charge >= 0.3 is 0 Å². The Bertz CT molecular complexity index is 332. The summed E-state index contributed by atoms with van der Waals surface area (Å²) in [4.78, 5) is 0. The number of halogens is 1. The smallest absolute Gasteiger partial charge is 0.162 e. The van der Waals surface area contributed by atoms with E-state index in [2.05, 4.69) is 0 Å². The Hall–Kier alpha value is -0.970. The molecule has 1 aliphatic heterocycles. The van der Waals surface area contributed by atoms with Crippen molar-refractivity contribution < 1.29 is 13.9 Å². The van der Waals surface area contributed by atoms with Gasteiger partial charge in [-0.2, -0.15) is 0 Å². The molecule has 0 amide bonds. The molecule has 1 aromatic rings. The first kappa shape index (κ1) is 10.5. The van der Waals surface area contributed by atoms with E-state index in [4.69, 9.17) is 15.2 Å². The summed E-state index contributed by atoms with van der Waals surface area (Å²) >= 11 is 0. The first-order valence-corrected chi connectivity index (χ1v) is 5.00. The first-order chi connectivity index (χ1) is 7.29. The zero-order valence-electron chi connectivity index (χ0n) is 8.36. The molecule has 82 valence electrons. The van der Waals surface area contributed by atoms with Crippen LogP contribution in [0, 0.1) is 5.82 Å². The second kappa shape index (κ2) is 4.70. The molecule has 2 rings (SSSR count). The minimum absolute atomic E-state index is 0.0539. The van der Waals surface area contributed by atoms with Crippen molar-refractivity contribution in [3.8, 4) is 0 Å². The van der Waals surface area contributed by atoms with Crippen LogP contribution in [-0.4, -0.2) is 25.5 Å². The second-order valence-corrected chi connectivity index (χ2v) is 3.55. The molecule has 1 aliphatic rings. The lowest BCUT2D eigenvalue weighted by molar-refractivity contribution is -0.0546. The molecule has 1 fully saturated rings. The fourth-order valence-electron chi connectivity index (χ4n) is 1.58. The molecule has 1 heterocycles. The number of benzene rings is 1. The van der Waals surface area contributed by atoms with Gasteiger partial charge in [0.25, 0.3) is 0 Å². The van der Waals surface area contributed by atoms with E-state index in [-0.39, 0.29) is 18.2 Å². The molecule has 0 spiro atoms. The lowest BCUT2D eigenvalue weighted by Gasteiger charge is -2.10. The molecule has 1 saturated heterocycles. The summed E-state index contributed by atoms with van der Waals surface area (Å²) in [6.45, 7) is 0.934. The lowest BCUT2D eigenvalue weighted by atomic mass is 10.1. The average molecular weight is 211 g/mol. The van der Waals surface area contributed by atoms with E-state index >= 15 is 0 Å². The zero-order valence-corrected chi connectivity index (χ0v) is 8.36. The molecule has 2 atom stereocenters. The van der Waals surface area contributed by atoms with Gasteiger partial charge in [-0.25, -0.2) is 4.39 Å². The van der Waals surface area contributed by atoms with Gasteiger partial charge in [-0.15, -0.1) is 0 Å². The fraction of sp³-hybridized carbons (Fsp3) is 0.455. The van der Waals surface area contributed by atoms with Gasteiger partial charge in [0.15, 0.2) is 6.29 Å². The Morgan fingerprint density at radius 3 is 2.87 bits per heavy atom. The Kier molecular flexibility index (Phi) is 3.30. The van der Waals surface area contributed by atoms with Crippen LogP contribution in [0.25, 0.3) is 0 Å². The van der Waals surface area contributed by atoms with Crippen molar-refractivity contribution in [1.29, 1.82) is 0 Å². The van der Waals surface area contributed by atoms with E-state index < -0.39 is 0 Å². The number of hydrogen-bond donors (Lipinski definition) is 1. The Morgan fingerprint density at radius 2 is 2.20 bits per heavy atom. The monoisotopic (exact) mass is 211 g/mol. The van der Waals surface area contributed by atoms with Gasteiger partial charge in [0.2, 0.25) is 0 Å². The highest BCUT2D eigenvalue weighted by Gasteiger charge is 2.25. The molecule has 4 heteroatoms. The van der Waals surface area contributed by atoms with Crippen LogP contribution in [0.1, 0.15) is 5.56 Å². The van der Waals surface area contributed by atoms with Crippen molar-refractivity contribution in [2.24, 2.45) is 5.73 Å². The summed E-state index contributed by atoms with van der Waals surface area (Å²) < 4.78 is 24.1. The van der Waals surface area contributed by atoms with Crippen molar-refractivity contribution in [2.45, 2.75) is 18.8 Å². The van der Waals surface area contributed by atoms with Crippen LogP contribution in [0.2, 0.25) is 0 Å². The van der Waals surface area contributed by atoms with Gasteiger partial charge in [0.05, 0.1) is 12.7 Å². The predicted molar refractivity (Wildman–Crippen MR) is 53.8 cm³/mol. The summed E-state index contributed by atoms with van der Waals surface area (Å²) in [6.07, 6.45) is 0.0145. The predicted octanol–water partition coefficient (Wildman–Crippen LogP) is 1.07. The largest absolute Gasteiger partial charge is 0.350 e. The fourth-order valence-corrected chi connectivity index (χ4v) is 1.58. The third-order valence-corrected chi connectivity index (χ3v) is 2.42. The van der Waals surface area contributed by atoms with Crippen LogP contribution in [-0.2, 0) is 15.9 Å². The van der Waals surface area contributed by atoms with E-state index in [1.807, 2.05) is 0 Å². The van der Waals surface area contributed by atoms with Gasteiger partial charge in [-0.05, 0) is 11.6 Å². The Labute approximate surface area is 88.0 Å². The lowest BCUT2D eigenvalue weighted by Crippen LogP contribution is -2.23. The van der Waals surface area contributed by atoms with Crippen molar-refractivity contribution in [2.75, 3.05) is 13.2 Å². The summed E-state index contributed by atoms with van der Waals surface area (Å²) in [5.74, 6) is -0.221. The van der Waals surface area contributed by atoms with E-state index in [1.165, 1.54) is 6.07 Å². The van der Waals surface area contributed by atoms with Crippen LogP contribution < -0.4 is 5.73 Å². The molecule has 0 saturated carbocycles. The van der Waals surface area contributed by atoms with Crippen LogP contribution in [0.4, 0.5) is 4.39 Å². The molecule has 15 heavy (non-hydrogen) atoms. The van der Waals surface area contributed by atoms with Gasteiger partial charge in [-0.1, -0.05) is 18.2 Å². The van der Waals surface area contributed by atoms with Gasteiger partial charge in [0, 0.05) is 13.0 Å². The highest BCUT2D eigenvalue weighted by atomic mass is 19.1. The van der Waals surface area contributed by atoms with E-state index in [0.29, 0.717) is 25.1 Å². The van der Waals surface area contributed by atoms with E-state index in [9.17, 15) is 4.39 Å². The molecule has 0 radical (unpaired) electrons. The Morgan fingerprint density at radius 1 is 1.40 bits per heavy atom. The van der Waals surface area contributed by atoms with Crippen molar-refractivity contribution >= 4 is 0 Å². The minimum Gasteiger partial charge on any atom is -0.350 e. The quantitative estimate of drug-likeness (QED) is 0.813. The zero-order chi connectivity index (χ0) is 10.7. The average Bonchev–Trinajstić information content (AvgIpc) is 2.69. The summed E-state index contributed by atoms with van der Waals surface area (Å²) in [6, 6.07) is 6.63. The van der Waals surface area contributed by atoms with Crippen LogP contribution in [0.3, 0.4) is 0 Å². The number of hydrogen-bond acceptors (Lipinski definition) is 3. The summed E-state index contributed by atoms with van der Waals surface area (Å²) in [5.41, 5.74) is 6.05. The highest BCUT2D eigenvalue weighted by Crippen LogP contribution is 2.17. The van der Waals surface area contributed by atoms with Crippen LogP contribution >= 0.6 is 0 Å². The second-order valence-electron chi connectivity index (χ2n) is 3.55. The molecule has 3 nitrogen and oxygen atoms in total. The number of ether oxygens (including phenoxy) is 2. The van der Waals surface area contributed by atoms with Crippen molar-refractivity contribution in [1.82, 2.24) is 0 Å². The maximum Gasteiger partial charge on any atom is 0.162 e. The topological polar surface area (TPSA) is 44.5 Å².